The number of nitrogens with zero attached hydrogens (tertiary/aromatic N) is 4. The molecule has 0 spiro atoms. The molecule has 0 aliphatic carbocycles. The number of aromatic nitrogens is 4. The molecule has 0 bridgehead atoms. The molecule has 0 saturated heterocycles. The van der Waals surface area contributed by atoms with E-state index in [9.17, 15) is 9.59 Å². The minimum atomic E-state index is -0.196. The Morgan fingerprint density at radius 3 is 2.96 bits per heavy atom. The standard InChI is InChI=1S/C19H18N6O2/c26-18(21-15-5-3-6-16(11-15)25-12-20-23-24-25)9-8-14-10-13-4-1-2-7-17(13)22-19(14)27/h1-7,11-12,14H,8-10H2,(H,21,26)(H,22,27). The second-order valence-corrected chi connectivity index (χ2v) is 6.44. The first-order valence-corrected chi connectivity index (χ1v) is 8.71. The lowest BCUT2D eigenvalue weighted by Crippen LogP contribution is -2.30. The van der Waals surface area contributed by atoms with Gasteiger partial charge in [0.25, 0.3) is 0 Å². The zero-order valence-electron chi connectivity index (χ0n) is 14.5. The summed E-state index contributed by atoms with van der Waals surface area (Å²) in [7, 11) is 0. The van der Waals surface area contributed by atoms with Gasteiger partial charge in [0.2, 0.25) is 11.8 Å². The smallest absolute Gasteiger partial charge is 0.227 e. The van der Waals surface area contributed by atoms with E-state index >= 15 is 0 Å². The molecular formula is C19H18N6O2. The molecular weight excluding hydrogens is 344 g/mol. The number of carbonyl (C=O) groups is 2. The number of para-hydroxylation sites is 1. The molecule has 0 radical (unpaired) electrons. The number of carbonyl (C=O) groups excluding carboxylic acids is 2. The lowest BCUT2D eigenvalue weighted by atomic mass is 9.89. The van der Waals surface area contributed by atoms with Crippen LogP contribution in [0.4, 0.5) is 11.4 Å². The zero-order chi connectivity index (χ0) is 18.6. The van der Waals surface area contributed by atoms with Crippen molar-refractivity contribution in [1.29, 1.82) is 0 Å². The fraction of sp³-hybridized carbons (Fsp3) is 0.211. The summed E-state index contributed by atoms with van der Waals surface area (Å²) in [4.78, 5) is 24.6. The number of rotatable bonds is 5. The fourth-order valence-electron chi connectivity index (χ4n) is 3.18. The number of fused-ring (bicyclic) bond motifs is 1. The zero-order valence-corrected chi connectivity index (χ0v) is 14.5. The molecule has 8 heteroatoms. The number of hydrogen-bond donors (Lipinski definition) is 2. The molecule has 1 aliphatic heterocycles. The van der Waals surface area contributed by atoms with Gasteiger partial charge in [-0.05, 0) is 53.1 Å². The summed E-state index contributed by atoms with van der Waals surface area (Å²) in [6, 6.07) is 15.0. The van der Waals surface area contributed by atoms with Crippen LogP contribution >= 0.6 is 0 Å². The van der Waals surface area contributed by atoms with Crippen molar-refractivity contribution in [2.45, 2.75) is 19.3 Å². The van der Waals surface area contributed by atoms with Crippen molar-refractivity contribution in [3.63, 3.8) is 0 Å². The van der Waals surface area contributed by atoms with E-state index in [1.807, 2.05) is 36.4 Å². The van der Waals surface area contributed by atoms with E-state index in [4.69, 9.17) is 0 Å². The van der Waals surface area contributed by atoms with Gasteiger partial charge in [0.1, 0.15) is 6.33 Å². The molecule has 2 amide bonds. The summed E-state index contributed by atoms with van der Waals surface area (Å²) in [6.07, 6.45) is 2.92. The van der Waals surface area contributed by atoms with E-state index in [2.05, 4.69) is 26.2 Å². The van der Waals surface area contributed by atoms with E-state index < -0.39 is 0 Å². The molecule has 2 N–H and O–H groups in total. The molecule has 136 valence electrons. The van der Waals surface area contributed by atoms with E-state index in [0.717, 1.165) is 16.9 Å². The second kappa shape index (κ2) is 7.36. The molecule has 0 fully saturated rings. The van der Waals surface area contributed by atoms with Gasteiger partial charge in [0, 0.05) is 23.7 Å². The quantitative estimate of drug-likeness (QED) is 0.724. The average molecular weight is 362 g/mol. The average Bonchev–Trinajstić information content (AvgIpc) is 3.21. The Bertz CT molecular complexity index is 970. The number of amides is 2. The lowest BCUT2D eigenvalue weighted by molar-refractivity contribution is -0.121. The van der Waals surface area contributed by atoms with Gasteiger partial charge in [-0.15, -0.1) is 5.10 Å². The number of hydrogen-bond acceptors (Lipinski definition) is 5. The van der Waals surface area contributed by atoms with Gasteiger partial charge in [-0.3, -0.25) is 9.59 Å². The highest BCUT2D eigenvalue weighted by Gasteiger charge is 2.26. The molecule has 4 rings (SSSR count). The predicted octanol–water partition coefficient (Wildman–Crippen LogP) is 2.19. The Labute approximate surface area is 155 Å². The van der Waals surface area contributed by atoms with Crippen molar-refractivity contribution in [2.24, 2.45) is 5.92 Å². The van der Waals surface area contributed by atoms with Crippen LogP contribution in [0.1, 0.15) is 18.4 Å². The predicted molar refractivity (Wildman–Crippen MR) is 99.3 cm³/mol. The topological polar surface area (TPSA) is 102 Å². The number of nitrogens with one attached hydrogen (secondary N) is 2. The van der Waals surface area contributed by atoms with Crippen LogP contribution < -0.4 is 10.6 Å². The molecule has 0 saturated carbocycles. The van der Waals surface area contributed by atoms with Crippen LogP contribution in [0.2, 0.25) is 0 Å². The highest BCUT2D eigenvalue weighted by Crippen LogP contribution is 2.27. The van der Waals surface area contributed by atoms with Gasteiger partial charge in [0.05, 0.1) is 5.69 Å². The van der Waals surface area contributed by atoms with Gasteiger partial charge in [-0.1, -0.05) is 24.3 Å². The molecule has 3 aromatic rings. The normalized spacial score (nSPS) is 15.7. The summed E-state index contributed by atoms with van der Waals surface area (Å²) >= 11 is 0. The first kappa shape index (κ1) is 16.9. The van der Waals surface area contributed by atoms with E-state index in [-0.39, 0.29) is 24.2 Å². The third-order valence-corrected chi connectivity index (χ3v) is 4.58. The number of tetrazole rings is 1. The van der Waals surface area contributed by atoms with E-state index in [1.54, 1.807) is 12.1 Å². The van der Waals surface area contributed by atoms with Crippen molar-refractivity contribution in [3.8, 4) is 5.69 Å². The molecule has 8 nitrogen and oxygen atoms in total. The first-order chi connectivity index (χ1) is 13.2. The molecule has 1 aliphatic rings. The summed E-state index contributed by atoms with van der Waals surface area (Å²) in [5.74, 6) is -0.351. The number of anilines is 2. The van der Waals surface area contributed by atoms with Gasteiger partial charge in [-0.2, -0.15) is 0 Å². The van der Waals surface area contributed by atoms with Crippen LogP contribution in [0, 0.1) is 5.92 Å². The van der Waals surface area contributed by atoms with E-state index in [1.165, 1.54) is 11.0 Å². The van der Waals surface area contributed by atoms with Gasteiger partial charge >= 0.3 is 0 Å². The summed E-state index contributed by atoms with van der Waals surface area (Å²) in [6.45, 7) is 0. The highest BCUT2D eigenvalue weighted by atomic mass is 16.2. The third-order valence-electron chi connectivity index (χ3n) is 4.58. The summed E-state index contributed by atoms with van der Waals surface area (Å²) in [5.41, 5.74) is 3.38. The number of benzene rings is 2. The Kier molecular flexibility index (Phi) is 4.61. The second-order valence-electron chi connectivity index (χ2n) is 6.44. The van der Waals surface area contributed by atoms with Gasteiger partial charge < -0.3 is 10.6 Å². The minimum Gasteiger partial charge on any atom is -0.326 e. The van der Waals surface area contributed by atoms with E-state index in [0.29, 0.717) is 18.5 Å². The SMILES string of the molecule is O=C(CCC1Cc2ccccc2NC1=O)Nc1cccc(-n2cnnn2)c1. The van der Waals surface area contributed by atoms with Gasteiger partial charge in [0.15, 0.2) is 0 Å². The minimum absolute atomic E-state index is 0.0258. The Hall–Kier alpha value is -3.55. The van der Waals surface area contributed by atoms with Crippen molar-refractivity contribution >= 4 is 23.2 Å². The maximum atomic E-state index is 12.3. The summed E-state index contributed by atoms with van der Waals surface area (Å²) in [5, 5.41) is 16.8. The Morgan fingerprint density at radius 2 is 2.11 bits per heavy atom. The van der Waals surface area contributed by atoms with Crippen molar-refractivity contribution in [1.82, 2.24) is 20.2 Å². The molecule has 1 atom stereocenters. The molecule has 1 unspecified atom stereocenters. The van der Waals surface area contributed by atoms with Crippen molar-refractivity contribution < 1.29 is 9.59 Å². The monoisotopic (exact) mass is 362 g/mol. The van der Waals surface area contributed by atoms with Crippen LogP contribution in [0.25, 0.3) is 5.69 Å². The molecule has 1 aromatic heterocycles. The third kappa shape index (κ3) is 3.84. The fourth-order valence-corrected chi connectivity index (χ4v) is 3.18. The van der Waals surface area contributed by atoms with Crippen LogP contribution in [0.3, 0.4) is 0 Å². The van der Waals surface area contributed by atoms with Crippen molar-refractivity contribution in [3.05, 3.63) is 60.4 Å². The largest absolute Gasteiger partial charge is 0.326 e. The van der Waals surface area contributed by atoms with Crippen LogP contribution in [0.5, 0.6) is 0 Å². The van der Waals surface area contributed by atoms with Crippen molar-refractivity contribution in [2.75, 3.05) is 10.6 Å². The maximum Gasteiger partial charge on any atom is 0.227 e. The maximum absolute atomic E-state index is 12.3. The molecule has 2 heterocycles. The highest BCUT2D eigenvalue weighted by molar-refractivity contribution is 5.96. The lowest BCUT2D eigenvalue weighted by Gasteiger charge is -2.24. The Morgan fingerprint density at radius 1 is 1.22 bits per heavy atom. The van der Waals surface area contributed by atoms with Gasteiger partial charge in [-0.25, -0.2) is 4.68 Å². The molecule has 27 heavy (non-hydrogen) atoms. The van der Waals surface area contributed by atoms with Crippen LogP contribution in [0.15, 0.2) is 54.9 Å². The Balaban J connectivity index is 1.35. The summed E-state index contributed by atoms with van der Waals surface area (Å²) < 4.78 is 1.51. The van der Waals surface area contributed by atoms with Crippen LogP contribution in [-0.4, -0.2) is 32.0 Å². The molecule has 2 aromatic carbocycles. The first-order valence-electron chi connectivity index (χ1n) is 8.71. The van der Waals surface area contributed by atoms with Crippen LogP contribution in [-0.2, 0) is 16.0 Å².